The molecule has 1 nitrogen and oxygen atoms in total. The van der Waals surface area contributed by atoms with Gasteiger partial charge in [-0.25, -0.2) is 0 Å². The van der Waals surface area contributed by atoms with Crippen molar-refractivity contribution >= 4 is 0 Å². The predicted molar refractivity (Wildman–Crippen MR) is 91.0 cm³/mol. The fourth-order valence-electron chi connectivity index (χ4n) is 6.34. The summed E-state index contributed by atoms with van der Waals surface area (Å²) in [5, 5.41) is 0. The van der Waals surface area contributed by atoms with Gasteiger partial charge >= 0.3 is 0 Å². The Balaban J connectivity index is 1.89. The predicted octanol–water partition coefficient (Wildman–Crippen LogP) is 5.16. The normalized spacial score (nSPS) is 46.8. The van der Waals surface area contributed by atoms with Gasteiger partial charge in [0.15, 0.2) is 0 Å². The van der Waals surface area contributed by atoms with E-state index in [9.17, 15) is 0 Å². The summed E-state index contributed by atoms with van der Waals surface area (Å²) < 4.78 is 0. The maximum absolute atomic E-state index is 6.22. The summed E-state index contributed by atoms with van der Waals surface area (Å²) in [6, 6.07) is 0. The van der Waals surface area contributed by atoms with E-state index < -0.39 is 0 Å². The van der Waals surface area contributed by atoms with Gasteiger partial charge in [0.25, 0.3) is 0 Å². The average molecular weight is 290 g/mol. The second-order valence-electron chi connectivity index (χ2n) is 9.05. The lowest BCUT2D eigenvalue weighted by molar-refractivity contribution is -0.0962. The van der Waals surface area contributed by atoms with Crippen LogP contribution in [0.4, 0.5) is 0 Å². The highest BCUT2D eigenvalue weighted by Gasteiger charge is 2.55. The van der Waals surface area contributed by atoms with Crippen LogP contribution in [0.1, 0.15) is 72.6 Å². The van der Waals surface area contributed by atoms with E-state index >= 15 is 0 Å². The molecule has 21 heavy (non-hydrogen) atoms. The highest BCUT2D eigenvalue weighted by Crippen LogP contribution is 2.63. The van der Waals surface area contributed by atoms with Crippen LogP contribution in [0.2, 0.25) is 0 Å². The van der Waals surface area contributed by atoms with Gasteiger partial charge in [-0.15, -0.1) is 0 Å². The molecule has 0 bridgehead atoms. The molecule has 3 unspecified atom stereocenters. The Morgan fingerprint density at radius 3 is 2.62 bits per heavy atom. The molecule has 2 saturated carbocycles. The SMILES string of the molecule is CC(C)C1=CC2CCC3[C@](C)(CN)CCC[C@]3(C)C2CC1. The lowest BCUT2D eigenvalue weighted by atomic mass is 9.44. The molecule has 0 aromatic heterocycles. The minimum absolute atomic E-state index is 0.403. The number of fused-ring (bicyclic) bond motifs is 3. The number of allylic oxidation sites excluding steroid dienone is 2. The molecule has 0 aromatic rings. The first-order valence-electron chi connectivity index (χ1n) is 9.31. The first kappa shape index (κ1) is 15.6. The van der Waals surface area contributed by atoms with Crippen LogP contribution >= 0.6 is 0 Å². The highest BCUT2D eigenvalue weighted by atomic mass is 14.7. The van der Waals surface area contributed by atoms with Gasteiger partial charge in [-0.05, 0) is 79.6 Å². The molecule has 0 amide bonds. The molecular weight excluding hydrogens is 254 g/mol. The van der Waals surface area contributed by atoms with E-state index in [0.717, 1.165) is 30.2 Å². The lowest BCUT2D eigenvalue weighted by Crippen LogP contribution is -2.54. The van der Waals surface area contributed by atoms with Crippen LogP contribution < -0.4 is 5.73 Å². The standard InChI is InChI=1S/C20H35N/c1-14(2)15-6-8-17-16(12-15)7-9-18-19(3,13-21)10-5-11-20(17,18)4/h12,14,16-18H,5-11,13,21H2,1-4H3/t16?,17?,18?,19-,20+/m0/s1. The molecule has 120 valence electrons. The van der Waals surface area contributed by atoms with Crippen LogP contribution in [0.3, 0.4) is 0 Å². The van der Waals surface area contributed by atoms with E-state index in [2.05, 4.69) is 33.8 Å². The number of nitrogens with two attached hydrogens (primary N) is 1. The maximum Gasteiger partial charge on any atom is -0.00203 e. The lowest BCUT2D eigenvalue weighted by Gasteiger charge is -2.60. The Morgan fingerprint density at radius 2 is 1.95 bits per heavy atom. The summed E-state index contributed by atoms with van der Waals surface area (Å²) in [6.07, 6.45) is 12.5. The van der Waals surface area contributed by atoms with E-state index in [1.165, 1.54) is 44.9 Å². The molecular formula is C20H35N. The van der Waals surface area contributed by atoms with Gasteiger partial charge in [0, 0.05) is 0 Å². The van der Waals surface area contributed by atoms with Crippen molar-refractivity contribution in [3.63, 3.8) is 0 Å². The van der Waals surface area contributed by atoms with Gasteiger partial charge in [-0.2, -0.15) is 0 Å². The third-order valence-corrected chi connectivity index (χ3v) is 7.63. The van der Waals surface area contributed by atoms with Crippen LogP contribution in [0.15, 0.2) is 11.6 Å². The van der Waals surface area contributed by atoms with Crippen molar-refractivity contribution in [1.82, 2.24) is 0 Å². The van der Waals surface area contributed by atoms with Crippen molar-refractivity contribution in [3.05, 3.63) is 11.6 Å². The number of hydrogen-bond acceptors (Lipinski definition) is 1. The summed E-state index contributed by atoms with van der Waals surface area (Å²) in [7, 11) is 0. The number of hydrogen-bond donors (Lipinski definition) is 1. The summed E-state index contributed by atoms with van der Waals surface area (Å²) in [5.74, 6) is 3.39. The van der Waals surface area contributed by atoms with Gasteiger partial charge in [-0.1, -0.05) is 45.8 Å². The fourth-order valence-corrected chi connectivity index (χ4v) is 6.34. The van der Waals surface area contributed by atoms with Crippen molar-refractivity contribution in [1.29, 1.82) is 0 Å². The van der Waals surface area contributed by atoms with Crippen molar-refractivity contribution in [2.45, 2.75) is 72.6 Å². The van der Waals surface area contributed by atoms with Crippen molar-refractivity contribution in [2.24, 2.45) is 40.2 Å². The average Bonchev–Trinajstić information content (AvgIpc) is 2.46. The van der Waals surface area contributed by atoms with Gasteiger partial charge in [-0.3, -0.25) is 0 Å². The monoisotopic (exact) mass is 289 g/mol. The fraction of sp³-hybridized carbons (Fsp3) is 0.900. The van der Waals surface area contributed by atoms with Crippen molar-refractivity contribution in [3.8, 4) is 0 Å². The third kappa shape index (κ3) is 2.40. The van der Waals surface area contributed by atoms with Crippen molar-refractivity contribution < 1.29 is 0 Å². The Kier molecular flexibility index (Phi) is 4.01. The Bertz CT molecular complexity index is 424. The Hall–Kier alpha value is -0.300. The van der Waals surface area contributed by atoms with E-state index in [1.54, 1.807) is 5.57 Å². The van der Waals surface area contributed by atoms with Gasteiger partial charge in [0.2, 0.25) is 0 Å². The van der Waals surface area contributed by atoms with E-state index in [-0.39, 0.29) is 0 Å². The summed E-state index contributed by atoms with van der Waals surface area (Å²) in [4.78, 5) is 0. The van der Waals surface area contributed by atoms with Crippen LogP contribution in [-0.4, -0.2) is 6.54 Å². The number of rotatable bonds is 2. The minimum Gasteiger partial charge on any atom is -0.330 e. The van der Waals surface area contributed by atoms with Gasteiger partial charge in [0.1, 0.15) is 0 Å². The third-order valence-electron chi connectivity index (χ3n) is 7.63. The van der Waals surface area contributed by atoms with E-state index in [1.807, 2.05) is 0 Å². The Labute approximate surface area is 131 Å². The zero-order valence-electron chi connectivity index (χ0n) is 14.6. The van der Waals surface area contributed by atoms with Crippen LogP contribution in [-0.2, 0) is 0 Å². The largest absolute Gasteiger partial charge is 0.330 e. The molecule has 0 heterocycles. The molecule has 0 aliphatic heterocycles. The minimum atomic E-state index is 0.403. The van der Waals surface area contributed by atoms with Crippen molar-refractivity contribution in [2.75, 3.05) is 6.54 Å². The maximum atomic E-state index is 6.22. The molecule has 2 N–H and O–H groups in total. The highest BCUT2D eigenvalue weighted by molar-refractivity contribution is 5.17. The molecule has 3 aliphatic carbocycles. The van der Waals surface area contributed by atoms with E-state index in [4.69, 9.17) is 5.73 Å². The van der Waals surface area contributed by atoms with Crippen LogP contribution in [0.5, 0.6) is 0 Å². The zero-order chi connectivity index (χ0) is 15.3. The molecule has 0 radical (unpaired) electrons. The molecule has 0 saturated heterocycles. The molecule has 0 spiro atoms. The van der Waals surface area contributed by atoms with Crippen LogP contribution in [0.25, 0.3) is 0 Å². The van der Waals surface area contributed by atoms with Crippen LogP contribution in [0, 0.1) is 34.5 Å². The first-order chi connectivity index (χ1) is 9.90. The second-order valence-corrected chi connectivity index (χ2v) is 9.05. The molecule has 3 rings (SSSR count). The molecule has 1 heteroatoms. The first-order valence-corrected chi connectivity index (χ1v) is 9.31. The molecule has 3 aliphatic rings. The summed E-state index contributed by atoms with van der Waals surface area (Å²) in [5.41, 5.74) is 8.91. The smallest absolute Gasteiger partial charge is 0.00203 e. The molecule has 0 aromatic carbocycles. The Morgan fingerprint density at radius 1 is 1.19 bits per heavy atom. The summed E-state index contributed by atoms with van der Waals surface area (Å²) in [6.45, 7) is 10.7. The molecule has 5 atom stereocenters. The quantitative estimate of drug-likeness (QED) is 0.698. The molecule has 2 fully saturated rings. The summed E-state index contributed by atoms with van der Waals surface area (Å²) >= 11 is 0. The van der Waals surface area contributed by atoms with Gasteiger partial charge in [0.05, 0.1) is 0 Å². The van der Waals surface area contributed by atoms with E-state index in [0.29, 0.717) is 10.8 Å². The zero-order valence-corrected chi connectivity index (χ0v) is 14.6. The second kappa shape index (κ2) is 5.41. The van der Waals surface area contributed by atoms with Gasteiger partial charge < -0.3 is 5.73 Å². The topological polar surface area (TPSA) is 26.0 Å².